The standard InChI is InChI=1S/C70H72N2O6/c1-8-9-10-13-45-16-18-46(19-17-45)47-20-22-48(23-21-47)49-24-26-50(27-25-49)68(73)72-42-40-71(41-43-72)65-64-61(56-14-11-12-15-57(56)67(65)77-7)62-59-38-39-70(51-28-32-53(74-4)33-29-51,52-30-34-54(75-5)35-31-52)78-66(59)58-37-36-55(76-6)44-60(58)63(62)69(64,2)3/h11-12,14-15,20-39,44-46H,8-10,13,16-19,40-43H2,1-7H3. The second kappa shape index (κ2) is 20.9. The minimum absolute atomic E-state index is 0.0597. The molecule has 8 aromatic rings. The maximum atomic E-state index is 14.4. The Morgan fingerprint density at radius 1 is 0.603 bits per heavy atom. The fourth-order valence-corrected chi connectivity index (χ4v) is 13.7. The Hall–Kier alpha value is -7.71. The molecule has 0 aromatic heterocycles. The Balaban J connectivity index is 0.875. The van der Waals surface area contributed by atoms with Gasteiger partial charge in [0, 0.05) is 64.6 Å². The van der Waals surface area contributed by atoms with E-state index in [1.54, 1.807) is 28.4 Å². The number of hydrogen-bond acceptors (Lipinski definition) is 7. The lowest BCUT2D eigenvalue weighted by atomic mass is 9.77. The topological polar surface area (TPSA) is 69.7 Å². The highest BCUT2D eigenvalue weighted by atomic mass is 16.5. The molecule has 8 nitrogen and oxygen atoms in total. The molecule has 0 spiro atoms. The third-order valence-electron chi connectivity index (χ3n) is 17.9. The quantitative estimate of drug-likeness (QED) is 0.101. The van der Waals surface area contributed by atoms with Gasteiger partial charge in [-0.25, -0.2) is 0 Å². The molecule has 8 aromatic carbocycles. The molecule has 12 rings (SSSR count). The van der Waals surface area contributed by atoms with Crippen molar-refractivity contribution in [3.05, 3.63) is 185 Å². The number of methoxy groups -OCH3 is 4. The number of carbonyl (C=O) groups excluding carboxylic acids is 1. The van der Waals surface area contributed by atoms with E-state index in [4.69, 9.17) is 23.7 Å². The van der Waals surface area contributed by atoms with Gasteiger partial charge >= 0.3 is 0 Å². The highest BCUT2D eigenvalue weighted by Gasteiger charge is 2.47. The van der Waals surface area contributed by atoms with Gasteiger partial charge in [0.05, 0.1) is 34.1 Å². The van der Waals surface area contributed by atoms with Gasteiger partial charge in [-0.1, -0.05) is 131 Å². The first-order valence-electron chi connectivity index (χ1n) is 28.3. The maximum Gasteiger partial charge on any atom is 0.253 e. The molecule has 8 heteroatoms. The summed E-state index contributed by atoms with van der Waals surface area (Å²) in [5.74, 6) is 5.58. The molecule has 0 atom stereocenters. The number of rotatable bonds is 14. The molecule has 2 heterocycles. The summed E-state index contributed by atoms with van der Waals surface area (Å²) in [6, 6.07) is 48.8. The molecule has 2 aliphatic carbocycles. The van der Waals surface area contributed by atoms with Gasteiger partial charge in [0.25, 0.3) is 5.91 Å². The van der Waals surface area contributed by atoms with Crippen molar-refractivity contribution in [1.29, 1.82) is 0 Å². The van der Waals surface area contributed by atoms with E-state index in [0.29, 0.717) is 37.7 Å². The van der Waals surface area contributed by atoms with Gasteiger partial charge in [-0.3, -0.25) is 4.79 Å². The molecule has 0 N–H and O–H groups in total. The molecular formula is C70H72N2O6. The zero-order chi connectivity index (χ0) is 53.7. The van der Waals surface area contributed by atoms with E-state index >= 15 is 0 Å². The number of hydrogen-bond donors (Lipinski definition) is 0. The van der Waals surface area contributed by atoms with E-state index in [2.05, 4.69) is 135 Å². The molecule has 0 radical (unpaired) electrons. The van der Waals surface area contributed by atoms with Crippen molar-refractivity contribution in [3.8, 4) is 51.0 Å². The number of fused-ring (bicyclic) bond motifs is 10. The minimum atomic E-state index is -0.992. The normalized spacial score (nSPS) is 18.0. The van der Waals surface area contributed by atoms with Gasteiger partial charge in [0.1, 0.15) is 28.7 Å². The predicted molar refractivity (Wildman–Crippen MR) is 317 cm³/mol. The number of ether oxygens (including phenoxy) is 5. The zero-order valence-corrected chi connectivity index (χ0v) is 46.4. The first-order chi connectivity index (χ1) is 38.1. The lowest BCUT2D eigenvalue weighted by Gasteiger charge is -2.39. The Morgan fingerprint density at radius 2 is 1.21 bits per heavy atom. The van der Waals surface area contributed by atoms with E-state index in [1.807, 2.05) is 47.4 Å². The highest BCUT2D eigenvalue weighted by Crippen LogP contribution is 2.64. The molecule has 1 saturated carbocycles. The van der Waals surface area contributed by atoms with Crippen LogP contribution in [0, 0.1) is 5.92 Å². The maximum absolute atomic E-state index is 14.4. The van der Waals surface area contributed by atoms with E-state index < -0.39 is 11.0 Å². The summed E-state index contributed by atoms with van der Waals surface area (Å²) in [6.07, 6.45) is 15.3. The van der Waals surface area contributed by atoms with Crippen molar-refractivity contribution >= 4 is 39.2 Å². The second-order valence-electron chi connectivity index (χ2n) is 22.5. The van der Waals surface area contributed by atoms with Gasteiger partial charge in [-0.05, 0) is 154 Å². The van der Waals surface area contributed by atoms with E-state index in [9.17, 15) is 4.79 Å². The van der Waals surface area contributed by atoms with E-state index in [-0.39, 0.29) is 5.91 Å². The summed E-state index contributed by atoms with van der Waals surface area (Å²) in [5, 5.41) is 4.22. The molecule has 398 valence electrons. The zero-order valence-electron chi connectivity index (χ0n) is 46.4. The predicted octanol–water partition coefficient (Wildman–Crippen LogP) is 16.2. The van der Waals surface area contributed by atoms with Crippen LogP contribution in [0.1, 0.15) is 122 Å². The molecule has 1 saturated heterocycles. The van der Waals surface area contributed by atoms with Gasteiger partial charge < -0.3 is 33.5 Å². The van der Waals surface area contributed by atoms with Crippen LogP contribution in [-0.2, 0) is 11.0 Å². The molecule has 1 amide bonds. The van der Waals surface area contributed by atoms with Crippen molar-refractivity contribution in [2.75, 3.05) is 59.5 Å². The first-order valence-corrected chi connectivity index (χ1v) is 28.3. The Labute approximate surface area is 460 Å². The molecule has 78 heavy (non-hydrogen) atoms. The highest BCUT2D eigenvalue weighted by molar-refractivity contribution is 6.16. The number of carbonyl (C=O) groups is 1. The number of nitrogens with zero attached hydrogens (tertiary/aromatic N) is 2. The fraction of sp³-hybridized carbons (Fsp3) is 0.329. The molecule has 0 unspecified atom stereocenters. The Kier molecular flexibility index (Phi) is 13.7. The SMILES string of the molecule is CCCCCC1CCC(c2ccc(-c3ccc(C(=O)N4CCN(c5c6c(c7ccccc7c5OC)-c5c7c(c8ccc(OC)cc8c5C6(C)C)OC(c5ccc(OC)cc5)(c5ccc(OC)cc5)C=C7)CC4)cc3)cc2)CC1. The molecule has 2 fully saturated rings. The van der Waals surface area contributed by atoms with Crippen molar-refractivity contribution < 1.29 is 28.5 Å². The van der Waals surface area contributed by atoms with Crippen LogP contribution in [0.25, 0.3) is 49.9 Å². The van der Waals surface area contributed by atoms with Crippen LogP contribution < -0.4 is 28.6 Å². The smallest absolute Gasteiger partial charge is 0.253 e. The van der Waals surface area contributed by atoms with Gasteiger partial charge in [0.2, 0.25) is 0 Å². The van der Waals surface area contributed by atoms with Crippen LogP contribution in [0.4, 0.5) is 5.69 Å². The average molecular weight is 1040 g/mol. The van der Waals surface area contributed by atoms with Crippen LogP contribution in [0.3, 0.4) is 0 Å². The van der Waals surface area contributed by atoms with Crippen LogP contribution in [0.2, 0.25) is 0 Å². The molecule has 4 aliphatic rings. The number of unbranched alkanes of at least 4 members (excludes halogenated alkanes) is 2. The van der Waals surface area contributed by atoms with E-state index in [1.165, 1.54) is 79.2 Å². The molecule has 2 aliphatic heterocycles. The average Bonchev–Trinajstić information content (AvgIpc) is 3.89. The van der Waals surface area contributed by atoms with Gasteiger partial charge in [-0.2, -0.15) is 0 Å². The van der Waals surface area contributed by atoms with Crippen molar-refractivity contribution in [1.82, 2.24) is 4.90 Å². The monoisotopic (exact) mass is 1040 g/mol. The first kappa shape index (κ1) is 51.1. The van der Waals surface area contributed by atoms with Crippen LogP contribution >= 0.6 is 0 Å². The summed E-state index contributed by atoms with van der Waals surface area (Å²) in [6.45, 7) is 9.44. The largest absolute Gasteiger partial charge is 0.497 e. The second-order valence-corrected chi connectivity index (χ2v) is 22.5. The van der Waals surface area contributed by atoms with Crippen molar-refractivity contribution in [2.24, 2.45) is 5.92 Å². The number of benzene rings is 8. The van der Waals surface area contributed by atoms with Crippen LogP contribution in [0.5, 0.6) is 28.7 Å². The summed E-state index contributed by atoms with van der Waals surface area (Å²) in [7, 11) is 6.90. The third-order valence-corrected chi connectivity index (χ3v) is 17.9. The lowest BCUT2D eigenvalue weighted by Crippen LogP contribution is -2.49. The van der Waals surface area contributed by atoms with Gasteiger partial charge in [0.15, 0.2) is 5.60 Å². The van der Waals surface area contributed by atoms with E-state index in [0.717, 1.165) is 89.7 Å². The Bertz CT molecular complexity index is 3500. The van der Waals surface area contributed by atoms with Crippen molar-refractivity contribution in [3.63, 3.8) is 0 Å². The van der Waals surface area contributed by atoms with Crippen molar-refractivity contribution in [2.45, 2.75) is 89.1 Å². The Morgan fingerprint density at radius 3 is 1.81 bits per heavy atom. The summed E-state index contributed by atoms with van der Waals surface area (Å²) in [4.78, 5) is 18.9. The molecule has 0 bridgehead atoms. The minimum Gasteiger partial charge on any atom is -0.497 e. The van der Waals surface area contributed by atoms with Crippen LogP contribution in [0.15, 0.2) is 146 Å². The number of anilines is 1. The summed E-state index contributed by atoms with van der Waals surface area (Å²) in [5.41, 5.74) is 11.7. The lowest BCUT2D eigenvalue weighted by molar-refractivity contribution is 0.0746. The summed E-state index contributed by atoms with van der Waals surface area (Å²) >= 11 is 0. The third kappa shape index (κ3) is 8.72. The number of piperazine rings is 1. The van der Waals surface area contributed by atoms with Gasteiger partial charge in [-0.15, -0.1) is 0 Å². The number of amides is 1. The summed E-state index contributed by atoms with van der Waals surface area (Å²) < 4.78 is 31.5. The molecular weight excluding hydrogens is 965 g/mol. The fourth-order valence-electron chi connectivity index (χ4n) is 13.7. The van der Waals surface area contributed by atoms with Crippen LogP contribution in [-0.4, -0.2) is 65.4 Å².